The fourth-order valence-corrected chi connectivity index (χ4v) is 4.69. The normalized spacial score (nSPS) is 18.7. The maximum atomic E-state index is 12.7. The van der Waals surface area contributed by atoms with Crippen LogP contribution in [-0.2, 0) is 4.79 Å². The lowest BCUT2D eigenvalue weighted by atomic mass is 9.98. The van der Waals surface area contributed by atoms with E-state index in [1.807, 2.05) is 11.0 Å². The number of amides is 2. The van der Waals surface area contributed by atoms with Crippen molar-refractivity contribution in [3.8, 4) is 0 Å². The Balaban J connectivity index is 1.64. The van der Waals surface area contributed by atoms with Gasteiger partial charge in [-0.1, -0.05) is 18.2 Å². The molecule has 3 rings (SSSR count). The zero-order chi connectivity index (χ0) is 21.7. The average molecular weight is 427 g/mol. The smallest absolute Gasteiger partial charge is 0.336 e. The van der Waals surface area contributed by atoms with Crippen molar-refractivity contribution in [3.05, 3.63) is 59.7 Å². The number of nitrogens with one attached hydrogen (secondary N) is 1. The average Bonchev–Trinajstić information content (AvgIpc) is 2.72. The number of likely N-dealkylation sites (tertiary alicyclic amines) is 1. The molecule has 0 aliphatic carbocycles. The Morgan fingerprint density at radius 2 is 1.70 bits per heavy atom. The molecular weight excluding hydrogens is 400 g/mol. The molecule has 0 spiro atoms. The van der Waals surface area contributed by atoms with Gasteiger partial charge in [-0.3, -0.25) is 9.59 Å². The molecule has 1 aliphatic rings. The molecule has 0 radical (unpaired) electrons. The number of carboxylic acid groups (broad SMARTS) is 1. The molecule has 158 valence electrons. The molecule has 1 heterocycles. The summed E-state index contributed by atoms with van der Waals surface area (Å²) in [6.07, 6.45) is 3.24. The Morgan fingerprint density at radius 3 is 2.37 bits per heavy atom. The number of thioether (sulfide) groups is 1. The number of carbonyl (C=O) groups excluding carboxylic acids is 2. The first-order valence-corrected chi connectivity index (χ1v) is 11.0. The minimum absolute atomic E-state index is 0.0455. The van der Waals surface area contributed by atoms with Crippen LogP contribution in [0.15, 0.2) is 53.4 Å². The fraction of sp³-hybridized carbons (Fsp3) is 0.348. The predicted molar refractivity (Wildman–Crippen MR) is 118 cm³/mol. The van der Waals surface area contributed by atoms with Gasteiger partial charge in [-0.2, -0.15) is 0 Å². The third-order valence-electron chi connectivity index (χ3n) is 5.34. The van der Waals surface area contributed by atoms with Crippen molar-refractivity contribution in [1.82, 2.24) is 4.90 Å². The maximum absolute atomic E-state index is 12.7. The number of aromatic carboxylic acids is 1. The number of hydrogen-bond donors (Lipinski definition) is 2. The minimum Gasteiger partial charge on any atom is -0.478 e. The molecule has 2 atom stereocenters. The van der Waals surface area contributed by atoms with E-state index in [0.29, 0.717) is 11.4 Å². The Labute approximate surface area is 180 Å². The Hall–Kier alpha value is -2.80. The van der Waals surface area contributed by atoms with Crippen LogP contribution in [0.5, 0.6) is 0 Å². The molecule has 30 heavy (non-hydrogen) atoms. The molecular formula is C23H26N2O4S. The molecule has 2 N–H and O–H groups in total. The van der Waals surface area contributed by atoms with Crippen LogP contribution in [0.2, 0.25) is 0 Å². The van der Waals surface area contributed by atoms with E-state index >= 15 is 0 Å². The van der Waals surface area contributed by atoms with E-state index in [0.717, 1.165) is 24.2 Å². The lowest BCUT2D eigenvalue weighted by Crippen LogP contribution is -2.48. The third kappa shape index (κ3) is 5.21. The van der Waals surface area contributed by atoms with E-state index in [2.05, 4.69) is 19.2 Å². The van der Waals surface area contributed by atoms with Gasteiger partial charge >= 0.3 is 5.97 Å². The zero-order valence-electron chi connectivity index (χ0n) is 17.1. The van der Waals surface area contributed by atoms with Crippen LogP contribution >= 0.6 is 11.8 Å². The van der Waals surface area contributed by atoms with Crippen molar-refractivity contribution in [1.29, 1.82) is 0 Å². The first-order valence-electron chi connectivity index (χ1n) is 10.0. The molecule has 0 bridgehead atoms. The summed E-state index contributed by atoms with van der Waals surface area (Å²) in [4.78, 5) is 39.5. The Kier molecular flexibility index (Phi) is 7.15. The number of carboxylic acids is 1. The molecule has 1 aliphatic heterocycles. The van der Waals surface area contributed by atoms with Crippen molar-refractivity contribution in [2.24, 2.45) is 0 Å². The second-order valence-electron chi connectivity index (χ2n) is 7.55. The van der Waals surface area contributed by atoms with Crippen LogP contribution in [0.4, 0.5) is 5.69 Å². The molecule has 2 aromatic carbocycles. The summed E-state index contributed by atoms with van der Waals surface area (Å²) in [7, 11) is 0. The largest absolute Gasteiger partial charge is 0.478 e. The number of anilines is 1. The quantitative estimate of drug-likeness (QED) is 0.663. The molecule has 7 heteroatoms. The highest BCUT2D eigenvalue weighted by molar-refractivity contribution is 8.00. The first kappa shape index (κ1) is 21.9. The molecule has 2 aromatic rings. The van der Waals surface area contributed by atoms with Crippen LogP contribution in [0, 0.1) is 0 Å². The fourth-order valence-electron chi connectivity index (χ4n) is 3.86. The molecule has 6 nitrogen and oxygen atoms in total. The number of carbonyl (C=O) groups is 3. The summed E-state index contributed by atoms with van der Waals surface area (Å²) in [6, 6.07) is 13.8. The number of piperidine rings is 1. The lowest BCUT2D eigenvalue weighted by molar-refractivity contribution is -0.134. The maximum Gasteiger partial charge on any atom is 0.336 e. The predicted octanol–water partition coefficient (Wildman–Crippen LogP) is 4.52. The topological polar surface area (TPSA) is 86.7 Å². The molecule has 0 saturated carbocycles. The van der Waals surface area contributed by atoms with Gasteiger partial charge in [-0.25, -0.2) is 4.79 Å². The Bertz CT molecular complexity index is 936. The van der Waals surface area contributed by atoms with Gasteiger partial charge in [-0.15, -0.1) is 11.8 Å². The summed E-state index contributed by atoms with van der Waals surface area (Å²) < 4.78 is 0. The van der Waals surface area contributed by atoms with Crippen LogP contribution in [0.3, 0.4) is 0 Å². The van der Waals surface area contributed by atoms with Gasteiger partial charge in [0.25, 0.3) is 5.91 Å². The third-order valence-corrected chi connectivity index (χ3v) is 6.32. The van der Waals surface area contributed by atoms with E-state index in [9.17, 15) is 19.5 Å². The molecule has 1 saturated heterocycles. The number of hydrogen-bond acceptors (Lipinski definition) is 4. The molecule has 0 unspecified atom stereocenters. The van der Waals surface area contributed by atoms with Crippen LogP contribution in [0.1, 0.15) is 53.8 Å². The van der Waals surface area contributed by atoms with Crippen LogP contribution < -0.4 is 5.32 Å². The van der Waals surface area contributed by atoms with Crippen molar-refractivity contribution in [2.45, 2.75) is 50.1 Å². The highest BCUT2D eigenvalue weighted by Crippen LogP contribution is 2.26. The van der Waals surface area contributed by atoms with Gasteiger partial charge in [0.1, 0.15) is 0 Å². The van der Waals surface area contributed by atoms with E-state index < -0.39 is 11.9 Å². The van der Waals surface area contributed by atoms with Crippen LogP contribution in [0.25, 0.3) is 0 Å². The van der Waals surface area contributed by atoms with Gasteiger partial charge < -0.3 is 15.3 Å². The number of benzene rings is 2. The lowest BCUT2D eigenvalue weighted by Gasteiger charge is -2.39. The highest BCUT2D eigenvalue weighted by atomic mass is 32.2. The van der Waals surface area contributed by atoms with Gasteiger partial charge in [0.05, 0.1) is 16.9 Å². The van der Waals surface area contributed by atoms with E-state index in [4.69, 9.17) is 0 Å². The number of nitrogens with zero attached hydrogens (tertiary/aromatic N) is 1. The standard InChI is InChI=1S/C23H26N2O4S/c1-15-7-5-8-16(2)25(15)21(26)14-30-18-10-6-9-17(13-18)24-22(27)19-11-3-4-12-20(19)23(28)29/h3-4,6,9-13,15-16H,5,7-8,14H2,1-2H3,(H,24,27)(H,28,29)/t15-,16+. The monoisotopic (exact) mass is 426 g/mol. The summed E-state index contributed by atoms with van der Waals surface area (Å²) in [5.41, 5.74) is 0.611. The van der Waals surface area contributed by atoms with Crippen LogP contribution in [-0.4, -0.2) is 45.6 Å². The van der Waals surface area contributed by atoms with Crippen molar-refractivity contribution < 1.29 is 19.5 Å². The van der Waals surface area contributed by atoms with E-state index in [1.54, 1.807) is 30.3 Å². The number of rotatable bonds is 6. The SMILES string of the molecule is C[C@@H]1CCC[C@H](C)N1C(=O)CSc1cccc(NC(=O)c2ccccc2C(=O)O)c1. The molecule has 1 fully saturated rings. The second-order valence-corrected chi connectivity index (χ2v) is 8.60. The molecule has 2 amide bonds. The summed E-state index contributed by atoms with van der Waals surface area (Å²) in [5, 5.41) is 12.0. The highest BCUT2D eigenvalue weighted by Gasteiger charge is 2.28. The van der Waals surface area contributed by atoms with Gasteiger partial charge in [0.15, 0.2) is 0 Å². The van der Waals surface area contributed by atoms with Gasteiger partial charge in [0, 0.05) is 22.7 Å². The summed E-state index contributed by atoms with van der Waals surface area (Å²) in [5.74, 6) is -1.16. The van der Waals surface area contributed by atoms with Crippen molar-refractivity contribution in [2.75, 3.05) is 11.1 Å². The Morgan fingerprint density at radius 1 is 1.03 bits per heavy atom. The second kappa shape index (κ2) is 9.80. The van der Waals surface area contributed by atoms with Crippen molar-refractivity contribution >= 4 is 35.2 Å². The zero-order valence-corrected chi connectivity index (χ0v) is 17.9. The van der Waals surface area contributed by atoms with E-state index in [-0.39, 0.29) is 29.1 Å². The van der Waals surface area contributed by atoms with Gasteiger partial charge in [-0.05, 0) is 63.4 Å². The van der Waals surface area contributed by atoms with Gasteiger partial charge in [0.2, 0.25) is 5.91 Å². The first-order chi connectivity index (χ1) is 14.4. The summed E-state index contributed by atoms with van der Waals surface area (Å²) in [6.45, 7) is 4.20. The van der Waals surface area contributed by atoms with Crippen molar-refractivity contribution in [3.63, 3.8) is 0 Å². The molecule has 0 aromatic heterocycles. The van der Waals surface area contributed by atoms with E-state index in [1.165, 1.54) is 23.9 Å². The summed E-state index contributed by atoms with van der Waals surface area (Å²) >= 11 is 1.43. The minimum atomic E-state index is -1.15.